The van der Waals surface area contributed by atoms with Crippen molar-refractivity contribution < 1.29 is 27.9 Å². The molecule has 0 aromatic heterocycles. The van der Waals surface area contributed by atoms with Crippen molar-refractivity contribution in [2.75, 3.05) is 0 Å². The molecule has 0 fully saturated rings. The molecule has 0 aliphatic heterocycles. The highest BCUT2D eigenvalue weighted by Gasteiger charge is 2.30. The molecular weight excluding hydrogens is 311 g/mol. The molecular formula is C16H16F3NO3. The molecule has 1 rings (SSSR count). The van der Waals surface area contributed by atoms with Gasteiger partial charge in [-0.25, -0.2) is 4.79 Å². The van der Waals surface area contributed by atoms with Crippen molar-refractivity contribution in [2.24, 2.45) is 0 Å². The van der Waals surface area contributed by atoms with Gasteiger partial charge in [-0.1, -0.05) is 18.2 Å². The van der Waals surface area contributed by atoms with Crippen molar-refractivity contribution in [3.05, 3.63) is 35.4 Å². The normalized spacial score (nSPS) is 12.3. The summed E-state index contributed by atoms with van der Waals surface area (Å²) >= 11 is 0. The molecule has 0 bridgehead atoms. The van der Waals surface area contributed by atoms with Crippen LogP contribution < -0.4 is 5.32 Å². The highest BCUT2D eigenvalue weighted by Crippen LogP contribution is 2.29. The monoisotopic (exact) mass is 327 g/mol. The van der Waals surface area contributed by atoms with Gasteiger partial charge in [0.2, 0.25) is 5.91 Å². The third kappa shape index (κ3) is 6.43. The van der Waals surface area contributed by atoms with Crippen LogP contribution in [0.3, 0.4) is 0 Å². The Bertz CT molecular complexity index is 605. The van der Waals surface area contributed by atoms with E-state index in [0.29, 0.717) is 12.8 Å². The third-order valence-electron chi connectivity index (χ3n) is 3.07. The minimum Gasteiger partial charge on any atom is -0.480 e. The molecule has 1 atom stereocenters. The van der Waals surface area contributed by atoms with Gasteiger partial charge in [-0.3, -0.25) is 4.79 Å². The molecule has 0 aliphatic carbocycles. The van der Waals surface area contributed by atoms with Gasteiger partial charge in [-0.15, -0.1) is 12.3 Å². The van der Waals surface area contributed by atoms with Crippen LogP contribution in [-0.4, -0.2) is 23.0 Å². The van der Waals surface area contributed by atoms with Crippen molar-refractivity contribution >= 4 is 11.9 Å². The first-order valence-electron chi connectivity index (χ1n) is 6.86. The summed E-state index contributed by atoms with van der Waals surface area (Å²) in [5.74, 6) is 0.499. The fraction of sp³-hybridized carbons (Fsp3) is 0.375. The van der Waals surface area contributed by atoms with E-state index in [9.17, 15) is 22.8 Å². The quantitative estimate of drug-likeness (QED) is 0.598. The van der Waals surface area contributed by atoms with Crippen LogP contribution in [0.5, 0.6) is 0 Å². The Labute approximate surface area is 131 Å². The van der Waals surface area contributed by atoms with E-state index < -0.39 is 29.7 Å². The standard InChI is InChI=1S/C16H16F3NO3/c1-2-3-4-8-13(15(22)23)20-14(21)10-11-6-5-7-12(9-11)16(17,18)19/h1,5-7,9,13H,3-4,8,10H2,(H,20,21)(H,22,23)/t13-/m1/s1. The van der Waals surface area contributed by atoms with E-state index in [2.05, 4.69) is 11.2 Å². The Hall–Kier alpha value is -2.49. The van der Waals surface area contributed by atoms with Crippen LogP contribution >= 0.6 is 0 Å². The molecule has 124 valence electrons. The number of rotatable bonds is 7. The Morgan fingerprint density at radius 2 is 2.04 bits per heavy atom. The Balaban J connectivity index is 2.68. The molecule has 7 heteroatoms. The second-order valence-electron chi connectivity index (χ2n) is 4.93. The molecule has 0 spiro atoms. The molecule has 0 heterocycles. The predicted molar refractivity (Wildman–Crippen MR) is 77.4 cm³/mol. The zero-order valence-corrected chi connectivity index (χ0v) is 12.2. The van der Waals surface area contributed by atoms with Gasteiger partial charge >= 0.3 is 12.1 Å². The summed E-state index contributed by atoms with van der Waals surface area (Å²) in [6.45, 7) is 0. The largest absolute Gasteiger partial charge is 0.480 e. The summed E-state index contributed by atoms with van der Waals surface area (Å²) < 4.78 is 37.8. The van der Waals surface area contributed by atoms with Crippen molar-refractivity contribution in [3.8, 4) is 12.3 Å². The number of hydrogen-bond donors (Lipinski definition) is 2. The lowest BCUT2D eigenvalue weighted by Gasteiger charge is -2.14. The molecule has 4 nitrogen and oxygen atoms in total. The fourth-order valence-corrected chi connectivity index (χ4v) is 1.95. The lowest BCUT2D eigenvalue weighted by Crippen LogP contribution is -2.41. The lowest BCUT2D eigenvalue weighted by molar-refractivity contribution is -0.142. The van der Waals surface area contributed by atoms with Gasteiger partial charge in [0.1, 0.15) is 6.04 Å². The summed E-state index contributed by atoms with van der Waals surface area (Å²) in [6.07, 6.45) is 1.21. The van der Waals surface area contributed by atoms with Gasteiger partial charge < -0.3 is 10.4 Å². The van der Waals surface area contributed by atoms with Crippen LogP contribution in [-0.2, 0) is 22.2 Å². The van der Waals surface area contributed by atoms with Gasteiger partial charge in [0.25, 0.3) is 0 Å². The first kappa shape index (κ1) is 18.6. The summed E-state index contributed by atoms with van der Waals surface area (Å²) in [5, 5.41) is 11.3. The van der Waals surface area contributed by atoms with Crippen molar-refractivity contribution in [2.45, 2.75) is 37.9 Å². The second-order valence-corrected chi connectivity index (χ2v) is 4.93. The predicted octanol–water partition coefficient (Wildman–Crippen LogP) is 2.62. The van der Waals surface area contributed by atoms with Crippen LogP contribution in [0.15, 0.2) is 24.3 Å². The Kier molecular flexibility index (Phi) is 6.64. The minimum atomic E-state index is -4.49. The van der Waals surface area contributed by atoms with Crippen molar-refractivity contribution in [3.63, 3.8) is 0 Å². The number of amides is 1. The first-order valence-corrected chi connectivity index (χ1v) is 6.86. The number of hydrogen-bond acceptors (Lipinski definition) is 2. The highest BCUT2D eigenvalue weighted by molar-refractivity contribution is 5.84. The molecule has 0 unspecified atom stereocenters. The molecule has 1 amide bonds. The number of benzene rings is 1. The number of carbonyl (C=O) groups excluding carboxylic acids is 1. The van der Waals surface area contributed by atoms with Gasteiger partial charge in [0, 0.05) is 6.42 Å². The van der Waals surface area contributed by atoms with E-state index in [1.807, 2.05) is 0 Å². The number of unbranched alkanes of at least 4 members (excludes halogenated alkanes) is 1. The van der Waals surface area contributed by atoms with Crippen LogP contribution in [0.4, 0.5) is 13.2 Å². The molecule has 0 aliphatic rings. The van der Waals surface area contributed by atoms with Crippen LogP contribution in [0, 0.1) is 12.3 Å². The maximum absolute atomic E-state index is 12.6. The van der Waals surface area contributed by atoms with Crippen LogP contribution in [0.25, 0.3) is 0 Å². The first-order chi connectivity index (χ1) is 10.7. The van der Waals surface area contributed by atoms with Crippen molar-refractivity contribution in [1.82, 2.24) is 5.32 Å². The number of aliphatic carboxylic acids is 1. The van der Waals surface area contributed by atoms with E-state index in [1.165, 1.54) is 12.1 Å². The number of carboxylic acids is 1. The average molecular weight is 327 g/mol. The van der Waals surface area contributed by atoms with E-state index in [0.717, 1.165) is 12.1 Å². The second kappa shape index (κ2) is 8.22. The lowest BCUT2D eigenvalue weighted by atomic mass is 10.1. The van der Waals surface area contributed by atoms with Crippen LogP contribution in [0.1, 0.15) is 30.4 Å². The summed E-state index contributed by atoms with van der Waals surface area (Å²) in [6, 6.07) is 3.24. The topological polar surface area (TPSA) is 66.4 Å². The number of carboxylic acid groups (broad SMARTS) is 1. The number of carbonyl (C=O) groups is 2. The zero-order chi connectivity index (χ0) is 17.5. The summed E-state index contributed by atoms with van der Waals surface area (Å²) in [4.78, 5) is 22.9. The molecule has 0 saturated carbocycles. The summed E-state index contributed by atoms with van der Waals surface area (Å²) in [7, 11) is 0. The average Bonchev–Trinajstić information content (AvgIpc) is 2.45. The Morgan fingerprint density at radius 3 is 2.61 bits per heavy atom. The van der Waals surface area contributed by atoms with E-state index in [4.69, 9.17) is 11.5 Å². The molecule has 23 heavy (non-hydrogen) atoms. The molecule has 1 aromatic rings. The molecule has 1 aromatic carbocycles. The van der Waals surface area contributed by atoms with E-state index in [1.54, 1.807) is 0 Å². The maximum Gasteiger partial charge on any atom is 0.416 e. The molecule has 0 saturated heterocycles. The number of alkyl halides is 3. The fourth-order valence-electron chi connectivity index (χ4n) is 1.95. The number of nitrogens with one attached hydrogen (secondary N) is 1. The van der Waals surface area contributed by atoms with Gasteiger partial charge in [0.15, 0.2) is 0 Å². The maximum atomic E-state index is 12.6. The van der Waals surface area contributed by atoms with Gasteiger partial charge in [0.05, 0.1) is 12.0 Å². The summed E-state index contributed by atoms with van der Waals surface area (Å²) in [5.41, 5.74) is -0.698. The SMILES string of the molecule is C#CCCC[C@@H](NC(=O)Cc1cccc(C(F)(F)F)c1)C(=O)O. The number of halogens is 3. The van der Waals surface area contributed by atoms with E-state index in [-0.39, 0.29) is 18.4 Å². The number of terminal acetylenes is 1. The minimum absolute atomic E-state index is 0.157. The Morgan fingerprint density at radius 1 is 1.35 bits per heavy atom. The molecule has 2 N–H and O–H groups in total. The smallest absolute Gasteiger partial charge is 0.416 e. The van der Waals surface area contributed by atoms with Crippen molar-refractivity contribution in [1.29, 1.82) is 0 Å². The zero-order valence-electron chi connectivity index (χ0n) is 12.2. The van der Waals surface area contributed by atoms with Crippen LogP contribution in [0.2, 0.25) is 0 Å². The highest BCUT2D eigenvalue weighted by atomic mass is 19.4. The van der Waals surface area contributed by atoms with Gasteiger partial charge in [-0.2, -0.15) is 13.2 Å². The molecule has 0 radical (unpaired) electrons. The van der Waals surface area contributed by atoms with Gasteiger partial charge in [-0.05, 0) is 24.5 Å². The third-order valence-corrected chi connectivity index (χ3v) is 3.07. The van der Waals surface area contributed by atoms with E-state index >= 15 is 0 Å².